The van der Waals surface area contributed by atoms with Gasteiger partial charge in [-0.3, -0.25) is 9.69 Å². The molecule has 0 radical (unpaired) electrons. The van der Waals surface area contributed by atoms with Crippen LogP contribution in [0.5, 0.6) is 17.2 Å². The smallest absolute Gasteiger partial charge is 0.257 e. The first-order valence-electron chi connectivity index (χ1n) is 9.91. The highest BCUT2D eigenvalue weighted by Gasteiger charge is 2.47. The molecule has 0 aromatic heterocycles. The van der Waals surface area contributed by atoms with Crippen LogP contribution in [0.25, 0.3) is 0 Å². The van der Waals surface area contributed by atoms with Gasteiger partial charge in [-0.2, -0.15) is 0 Å². The first-order chi connectivity index (χ1) is 14.1. The molecular weight excluding hydrogens is 368 g/mol. The van der Waals surface area contributed by atoms with Crippen molar-refractivity contribution in [3.8, 4) is 17.2 Å². The first-order valence-corrected chi connectivity index (χ1v) is 9.91. The lowest BCUT2D eigenvalue weighted by molar-refractivity contribution is 0.0764. The zero-order valence-corrected chi connectivity index (χ0v) is 17.4. The SMILES string of the molecule is COc1cc(OC)c(C(=O)N2C[C@@H]3CN(C)[C@@H](c4ccccc4)[C@@H]3C2)cc1OC. The minimum atomic E-state index is -0.0216. The van der Waals surface area contributed by atoms with Gasteiger partial charge in [0.25, 0.3) is 5.91 Å². The second-order valence-electron chi connectivity index (χ2n) is 7.84. The first kappa shape index (κ1) is 19.6. The molecule has 3 atom stereocenters. The van der Waals surface area contributed by atoms with E-state index in [0.717, 1.165) is 19.6 Å². The largest absolute Gasteiger partial charge is 0.496 e. The van der Waals surface area contributed by atoms with E-state index in [0.29, 0.717) is 40.7 Å². The van der Waals surface area contributed by atoms with Crippen molar-refractivity contribution in [2.24, 2.45) is 11.8 Å². The molecular formula is C23H28N2O4. The molecule has 29 heavy (non-hydrogen) atoms. The van der Waals surface area contributed by atoms with Crippen molar-refractivity contribution in [1.82, 2.24) is 9.80 Å². The number of fused-ring (bicyclic) bond motifs is 1. The quantitative estimate of drug-likeness (QED) is 0.777. The van der Waals surface area contributed by atoms with E-state index < -0.39 is 0 Å². The second-order valence-corrected chi connectivity index (χ2v) is 7.84. The van der Waals surface area contributed by atoms with Crippen molar-refractivity contribution in [3.63, 3.8) is 0 Å². The van der Waals surface area contributed by atoms with Gasteiger partial charge in [0.05, 0.1) is 26.9 Å². The third-order valence-electron chi connectivity index (χ3n) is 6.26. The Labute approximate surface area is 172 Å². The van der Waals surface area contributed by atoms with E-state index >= 15 is 0 Å². The number of hydrogen-bond acceptors (Lipinski definition) is 5. The Balaban J connectivity index is 1.59. The van der Waals surface area contributed by atoms with E-state index in [1.165, 1.54) is 5.56 Å². The van der Waals surface area contributed by atoms with Crippen LogP contribution in [0.2, 0.25) is 0 Å². The van der Waals surface area contributed by atoms with Crippen molar-refractivity contribution in [1.29, 1.82) is 0 Å². The average Bonchev–Trinajstić information content (AvgIpc) is 3.29. The molecule has 0 bridgehead atoms. The topological polar surface area (TPSA) is 51.2 Å². The van der Waals surface area contributed by atoms with Gasteiger partial charge in [-0.25, -0.2) is 0 Å². The average molecular weight is 396 g/mol. The fourth-order valence-corrected chi connectivity index (χ4v) is 4.94. The second kappa shape index (κ2) is 7.95. The summed E-state index contributed by atoms with van der Waals surface area (Å²) in [4.78, 5) is 17.8. The Kier molecular flexibility index (Phi) is 5.37. The van der Waals surface area contributed by atoms with Crippen LogP contribution in [0, 0.1) is 11.8 Å². The highest BCUT2D eigenvalue weighted by atomic mass is 16.5. The number of nitrogens with zero attached hydrogens (tertiary/aromatic N) is 2. The third kappa shape index (κ3) is 3.42. The highest BCUT2D eigenvalue weighted by Crippen LogP contribution is 2.45. The molecule has 0 spiro atoms. The minimum absolute atomic E-state index is 0.0216. The predicted octanol–water partition coefficient (Wildman–Crippen LogP) is 3.09. The molecule has 0 saturated carbocycles. The number of methoxy groups -OCH3 is 3. The van der Waals surface area contributed by atoms with Crippen LogP contribution in [-0.4, -0.2) is 63.7 Å². The summed E-state index contributed by atoms with van der Waals surface area (Å²) in [5.74, 6) is 2.45. The Morgan fingerprint density at radius 2 is 1.55 bits per heavy atom. The normalized spacial score (nSPS) is 23.7. The van der Waals surface area contributed by atoms with Gasteiger partial charge in [0.2, 0.25) is 0 Å². The Morgan fingerprint density at radius 1 is 0.897 bits per heavy atom. The van der Waals surface area contributed by atoms with E-state index in [4.69, 9.17) is 14.2 Å². The van der Waals surface area contributed by atoms with Gasteiger partial charge in [-0.05, 0) is 18.5 Å². The summed E-state index contributed by atoms with van der Waals surface area (Å²) >= 11 is 0. The molecule has 2 fully saturated rings. The monoisotopic (exact) mass is 396 g/mol. The van der Waals surface area contributed by atoms with Crippen molar-refractivity contribution in [3.05, 3.63) is 53.6 Å². The summed E-state index contributed by atoms with van der Waals surface area (Å²) < 4.78 is 16.2. The summed E-state index contributed by atoms with van der Waals surface area (Å²) in [6, 6.07) is 14.4. The lowest BCUT2D eigenvalue weighted by Gasteiger charge is -2.27. The lowest BCUT2D eigenvalue weighted by Crippen LogP contribution is -2.33. The van der Waals surface area contributed by atoms with Gasteiger partial charge in [0.15, 0.2) is 11.5 Å². The highest BCUT2D eigenvalue weighted by molar-refractivity contribution is 5.98. The zero-order chi connectivity index (χ0) is 20.5. The van der Waals surface area contributed by atoms with E-state index in [9.17, 15) is 4.79 Å². The van der Waals surface area contributed by atoms with Crippen molar-refractivity contribution in [2.45, 2.75) is 6.04 Å². The molecule has 0 unspecified atom stereocenters. The molecule has 6 nitrogen and oxygen atoms in total. The Bertz CT molecular complexity index is 886. The van der Waals surface area contributed by atoms with Crippen molar-refractivity contribution >= 4 is 5.91 Å². The molecule has 1 amide bonds. The van der Waals surface area contributed by atoms with E-state index in [2.05, 4.69) is 36.2 Å². The number of benzene rings is 2. The third-order valence-corrected chi connectivity index (χ3v) is 6.26. The fraction of sp³-hybridized carbons (Fsp3) is 0.435. The number of likely N-dealkylation sites (tertiary alicyclic amines) is 2. The lowest BCUT2D eigenvalue weighted by atomic mass is 9.90. The van der Waals surface area contributed by atoms with Crippen LogP contribution >= 0.6 is 0 Å². The molecule has 2 saturated heterocycles. The molecule has 6 heteroatoms. The summed E-state index contributed by atoms with van der Waals surface area (Å²) in [7, 11) is 6.89. The fourth-order valence-electron chi connectivity index (χ4n) is 4.94. The molecule has 2 aliphatic rings. The predicted molar refractivity (Wildman–Crippen MR) is 111 cm³/mol. The number of hydrogen-bond donors (Lipinski definition) is 0. The number of carbonyl (C=O) groups excluding carboxylic acids is 1. The van der Waals surface area contributed by atoms with Crippen LogP contribution in [0.3, 0.4) is 0 Å². The van der Waals surface area contributed by atoms with E-state index in [-0.39, 0.29) is 5.91 Å². The zero-order valence-electron chi connectivity index (χ0n) is 17.4. The van der Waals surface area contributed by atoms with Gasteiger partial charge >= 0.3 is 0 Å². The van der Waals surface area contributed by atoms with Crippen LogP contribution in [0.15, 0.2) is 42.5 Å². The Hall–Kier alpha value is -2.73. The molecule has 4 rings (SSSR count). The van der Waals surface area contributed by atoms with Gasteiger partial charge in [-0.1, -0.05) is 30.3 Å². The number of carbonyl (C=O) groups is 1. The number of rotatable bonds is 5. The molecule has 2 aromatic rings. The summed E-state index contributed by atoms with van der Waals surface area (Å²) in [5, 5.41) is 0. The summed E-state index contributed by atoms with van der Waals surface area (Å²) in [6.07, 6.45) is 0. The van der Waals surface area contributed by atoms with Crippen LogP contribution < -0.4 is 14.2 Å². The molecule has 2 heterocycles. The molecule has 0 aliphatic carbocycles. The van der Waals surface area contributed by atoms with Crippen molar-refractivity contribution in [2.75, 3.05) is 48.0 Å². The maximum atomic E-state index is 13.4. The van der Waals surface area contributed by atoms with Gasteiger partial charge in [0, 0.05) is 43.7 Å². The van der Waals surface area contributed by atoms with Gasteiger partial charge in [0.1, 0.15) is 5.75 Å². The Morgan fingerprint density at radius 3 is 2.21 bits per heavy atom. The number of amides is 1. The standard InChI is InChI=1S/C23H28N2O4/c1-24-12-16-13-25(14-18(16)22(24)15-8-6-5-7-9-15)23(26)17-10-20(28-3)21(29-4)11-19(17)27-2/h5-11,16,18,22H,12-14H2,1-4H3/t16-,18+,22-/m0/s1. The van der Waals surface area contributed by atoms with Crippen LogP contribution in [0.4, 0.5) is 0 Å². The van der Waals surface area contributed by atoms with Crippen LogP contribution in [-0.2, 0) is 0 Å². The van der Waals surface area contributed by atoms with E-state index in [1.54, 1.807) is 33.5 Å². The van der Waals surface area contributed by atoms with Crippen molar-refractivity contribution < 1.29 is 19.0 Å². The van der Waals surface area contributed by atoms with E-state index in [1.807, 2.05) is 11.0 Å². The number of ether oxygens (including phenoxy) is 3. The summed E-state index contributed by atoms with van der Waals surface area (Å²) in [5.41, 5.74) is 1.83. The van der Waals surface area contributed by atoms with Gasteiger partial charge < -0.3 is 19.1 Å². The van der Waals surface area contributed by atoms with Crippen LogP contribution in [0.1, 0.15) is 22.0 Å². The van der Waals surface area contributed by atoms with Gasteiger partial charge in [-0.15, -0.1) is 0 Å². The molecule has 0 N–H and O–H groups in total. The maximum absolute atomic E-state index is 13.4. The minimum Gasteiger partial charge on any atom is -0.496 e. The molecule has 2 aliphatic heterocycles. The molecule has 154 valence electrons. The molecule has 2 aromatic carbocycles. The maximum Gasteiger partial charge on any atom is 0.257 e. The summed E-state index contributed by atoms with van der Waals surface area (Å²) in [6.45, 7) is 2.50.